The Morgan fingerprint density at radius 1 is 1.29 bits per heavy atom. The summed E-state index contributed by atoms with van der Waals surface area (Å²) in [6.07, 6.45) is 1.68. The Hall–Kier alpha value is -1.88. The summed E-state index contributed by atoms with van der Waals surface area (Å²) in [5.74, 6) is 0.00159. The standard InChI is InChI=1S/C16H20N2O3/c1-21-16(20)13-4-2-12(3-5-13)10-17-8-9-18-14(11-17)6-7-15(18)19/h2-5,14H,6-11H2,1H3. The first-order chi connectivity index (χ1) is 10.2. The van der Waals surface area contributed by atoms with E-state index in [4.69, 9.17) is 4.74 Å². The minimum atomic E-state index is -0.306. The molecule has 1 atom stereocenters. The summed E-state index contributed by atoms with van der Waals surface area (Å²) in [5, 5.41) is 0. The SMILES string of the molecule is COC(=O)c1ccc(CN2CCN3C(=O)CCC3C2)cc1. The molecule has 2 heterocycles. The first-order valence-corrected chi connectivity index (χ1v) is 7.36. The van der Waals surface area contributed by atoms with E-state index in [1.54, 1.807) is 12.1 Å². The van der Waals surface area contributed by atoms with E-state index in [1.165, 1.54) is 12.7 Å². The minimum Gasteiger partial charge on any atom is -0.465 e. The number of esters is 1. The highest BCUT2D eigenvalue weighted by atomic mass is 16.5. The Balaban J connectivity index is 1.60. The lowest BCUT2D eigenvalue weighted by atomic mass is 10.1. The number of piperazine rings is 1. The van der Waals surface area contributed by atoms with Crippen LogP contribution in [0.4, 0.5) is 0 Å². The number of hydrogen-bond acceptors (Lipinski definition) is 4. The summed E-state index contributed by atoms with van der Waals surface area (Å²) in [5.41, 5.74) is 1.76. The van der Waals surface area contributed by atoms with Gasteiger partial charge in [-0.2, -0.15) is 0 Å². The van der Waals surface area contributed by atoms with Crippen LogP contribution in [0.2, 0.25) is 0 Å². The highest BCUT2D eigenvalue weighted by Crippen LogP contribution is 2.23. The first kappa shape index (κ1) is 14.1. The zero-order chi connectivity index (χ0) is 14.8. The highest BCUT2D eigenvalue weighted by molar-refractivity contribution is 5.89. The molecule has 0 aromatic heterocycles. The molecule has 5 heteroatoms. The number of benzene rings is 1. The second-order valence-electron chi connectivity index (χ2n) is 5.70. The smallest absolute Gasteiger partial charge is 0.337 e. The van der Waals surface area contributed by atoms with Gasteiger partial charge in [0.1, 0.15) is 0 Å². The number of hydrogen-bond donors (Lipinski definition) is 0. The zero-order valence-corrected chi connectivity index (χ0v) is 12.2. The minimum absolute atomic E-state index is 0.306. The van der Waals surface area contributed by atoms with Gasteiger partial charge in [-0.25, -0.2) is 4.79 Å². The van der Waals surface area contributed by atoms with Crippen LogP contribution < -0.4 is 0 Å². The average molecular weight is 288 g/mol. The quantitative estimate of drug-likeness (QED) is 0.786. The largest absolute Gasteiger partial charge is 0.465 e. The first-order valence-electron chi connectivity index (χ1n) is 7.36. The molecule has 1 amide bonds. The van der Waals surface area contributed by atoms with Crippen molar-refractivity contribution in [1.29, 1.82) is 0 Å². The molecule has 1 aromatic rings. The molecule has 2 aliphatic heterocycles. The average Bonchev–Trinajstić information content (AvgIpc) is 2.88. The summed E-state index contributed by atoms with van der Waals surface area (Å²) in [4.78, 5) is 27.5. The van der Waals surface area contributed by atoms with Gasteiger partial charge in [-0.1, -0.05) is 12.1 Å². The molecule has 0 spiro atoms. The normalized spacial score (nSPS) is 22.2. The van der Waals surface area contributed by atoms with E-state index in [9.17, 15) is 9.59 Å². The Morgan fingerprint density at radius 3 is 2.76 bits per heavy atom. The van der Waals surface area contributed by atoms with Crippen LogP contribution in [-0.2, 0) is 16.1 Å². The Labute approximate surface area is 124 Å². The fraction of sp³-hybridized carbons (Fsp3) is 0.500. The molecule has 2 saturated heterocycles. The molecular weight excluding hydrogens is 268 g/mol. The number of amides is 1. The number of ether oxygens (including phenoxy) is 1. The Bertz CT molecular complexity index is 541. The number of nitrogens with zero attached hydrogens (tertiary/aromatic N) is 2. The maximum absolute atomic E-state index is 11.7. The molecular formula is C16H20N2O3. The Kier molecular flexibility index (Phi) is 3.92. The Morgan fingerprint density at radius 2 is 2.05 bits per heavy atom. The number of carbonyl (C=O) groups excluding carboxylic acids is 2. The lowest BCUT2D eigenvalue weighted by Crippen LogP contribution is -2.50. The summed E-state index contributed by atoms with van der Waals surface area (Å²) in [6.45, 7) is 3.56. The van der Waals surface area contributed by atoms with Gasteiger partial charge in [0.2, 0.25) is 5.91 Å². The van der Waals surface area contributed by atoms with Gasteiger partial charge < -0.3 is 9.64 Å². The maximum Gasteiger partial charge on any atom is 0.337 e. The molecule has 5 nitrogen and oxygen atoms in total. The third-order valence-electron chi connectivity index (χ3n) is 4.36. The summed E-state index contributed by atoms with van der Waals surface area (Å²) >= 11 is 0. The molecule has 0 N–H and O–H groups in total. The monoisotopic (exact) mass is 288 g/mol. The molecule has 3 rings (SSSR count). The predicted octanol–water partition coefficient (Wildman–Crippen LogP) is 1.28. The van der Waals surface area contributed by atoms with Crippen molar-refractivity contribution in [2.45, 2.75) is 25.4 Å². The van der Waals surface area contributed by atoms with Crippen molar-refractivity contribution < 1.29 is 14.3 Å². The van der Waals surface area contributed by atoms with Gasteiger partial charge in [0.05, 0.1) is 12.7 Å². The van der Waals surface area contributed by atoms with Crippen molar-refractivity contribution in [3.05, 3.63) is 35.4 Å². The predicted molar refractivity (Wildman–Crippen MR) is 77.8 cm³/mol. The highest BCUT2D eigenvalue weighted by Gasteiger charge is 2.35. The van der Waals surface area contributed by atoms with Gasteiger partial charge in [-0.15, -0.1) is 0 Å². The molecule has 21 heavy (non-hydrogen) atoms. The maximum atomic E-state index is 11.7. The van der Waals surface area contributed by atoms with Crippen LogP contribution >= 0.6 is 0 Å². The molecule has 0 saturated carbocycles. The van der Waals surface area contributed by atoms with Crippen LogP contribution in [0.5, 0.6) is 0 Å². The van der Waals surface area contributed by atoms with E-state index in [1.807, 2.05) is 17.0 Å². The van der Waals surface area contributed by atoms with Gasteiger partial charge >= 0.3 is 5.97 Å². The van der Waals surface area contributed by atoms with Crippen LogP contribution in [0.3, 0.4) is 0 Å². The van der Waals surface area contributed by atoms with Crippen molar-refractivity contribution in [2.24, 2.45) is 0 Å². The van der Waals surface area contributed by atoms with E-state index in [-0.39, 0.29) is 5.97 Å². The number of rotatable bonds is 3. The van der Waals surface area contributed by atoms with E-state index in [0.29, 0.717) is 23.9 Å². The summed E-state index contributed by atoms with van der Waals surface area (Å²) in [7, 11) is 1.39. The van der Waals surface area contributed by atoms with E-state index in [2.05, 4.69) is 4.90 Å². The van der Waals surface area contributed by atoms with Crippen molar-refractivity contribution in [1.82, 2.24) is 9.80 Å². The summed E-state index contributed by atoms with van der Waals surface area (Å²) in [6, 6.07) is 7.93. The fourth-order valence-electron chi connectivity index (χ4n) is 3.19. The molecule has 1 unspecified atom stereocenters. The van der Waals surface area contributed by atoms with Crippen molar-refractivity contribution in [3.63, 3.8) is 0 Å². The lowest BCUT2D eigenvalue weighted by molar-refractivity contribution is -0.130. The third kappa shape index (κ3) is 2.93. The molecule has 0 aliphatic carbocycles. The van der Waals surface area contributed by atoms with E-state index in [0.717, 1.165) is 32.6 Å². The fourth-order valence-corrected chi connectivity index (χ4v) is 3.19. The van der Waals surface area contributed by atoms with Gasteiger partial charge in [0, 0.05) is 38.6 Å². The molecule has 2 fully saturated rings. The van der Waals surface area contributed by atoms with Crippen LogP contribution in [0.15, 0.2) is 24.3 Å². The van der Waals surface area contributed by atoms with Gasteiger partial charge in [-0.3, -0.25) is 9.69 Å². The van der Waals surface area contributed by atoms with Crippen molar-refractivity contribution in [3.8, 4) is 0 Å². The number of fused-ring (bicyclic) bond motifs is 1. The molecule has 0 bridgehead atoms. The topological polar surface area (TPSA) is 49.9 Å². The summed E-state index contributed by atoms with van der Waals surface area (Å²) < 4.78 is 4.70. The second-order valence-corrected chi connectivity index (χ2v) is 5.70. The molecule has 112 valence electrons. The lowest BCUT2D eigenvalue weighted by Gasteiger charge is -2.37. The molecule has 2 aliphatic rings. The van der Waals surface area contributed by atoms with Gasteiger partial charge in [0.15, 0.2) is 0 Å². The third-order valence-corrected chi connectivity index (χ3v) is 4.36. The number of carbonyl (C=O) groups is 2. The van der Waals surface area contributed by atoms with E-state index >= 15 is 0 Å². The molecule has 1 aromatic carbocycles. The van der Waals surface area contributed by atoms with Crippen LogP contribution in [0.1, 0.15) is 28.8 Å². The van der Waals surface area contributed by atoms with Gasteiger partial charge in [-0.05, 0) is 24.1 Å². The van der Waals surface area contributed by atoms with Crippen molar-refractivity contribution >= 4 is 11.9 Å². The van der Waals surface area contributed by atoms with Crippen molar-refractivity contribution in [2.75, 3.05) is 26.7 Å². The second kappa shape index (κ2) is 5.85. The number of methoxy groups -OCH3 is 1. The molecule has 0 radical (unpaired) electrons. The van der Waals surface area contributed by atoms with Gasteiger partial charge in [0.25, 0.3) is 0 Å². The van der Waals surface area contributed by atoms with Crippen LogP contribution in [0.25, 0.3) is 0 Å². The van der Waals surface area contributed by atoms with Crippen LogP contribution in [0, 0.1) is 0 Å². The van der Waals surface area contributed by atoms with Crippen LogP contribution in [-0.4, -0.2) is 54.5 Å². The van der Waals surface area contributed by atoms with E-state index < -0.39 is 0 Å². The zero-order valence-electron chi connectivity index (χ0n) is 12.2.